The fraction of sp³-hybridized carbons (Fsp3) is 1.00. The van der Waals surface area contributed by atoms with E-state index in [1.54, 1.807) is 0 Å². The summed E-state index contributed by atoms with van der Waals surface area (Å²) in [5, 5.41) is 0.0987. The topological polar surface area (TPSA) is 3.24 Å². The highest BCUT2D eigenvalue weighted by molar-refractivity contribution is 6.28. The highest BCUT2D eigenvalue weighted by atomic mass is 35.5. The quantitative estimate of drug-likeness (QED) is 0.644. The van der Waals surface area contributed by atoms with Crippen LogP contribution in [-0.2, 0) is 0 Å². The molecule has 0 N–H and O–H groups in total. The SMILES string of the molecule is CCN(CC)CC(Cl)CCl.Cl. The first kappa shape index (κ1) is 14.4. The molecule has 0 bridgehead atoms. The van der Waals surface area contributed by atoms with E-state index in [1.165, 1.54) is 0 Å². The Morgan fingerprint density at radius 3 is 2.00 bits per heavy atom. The summed E-state index contributed by atoms with van der Waals surface area (Å²) < 4.78 is 0. The molecule has 0 aliphatic carbocycles. The molecule has 0 heterocycles. The molecule has 0 aromatic carbocycles. The Morgan fingerprint density at radius 2 is 1.73 bits per heavy atom. The average molecular weight is 221 g/mol. The van der Waals surface area contributed by atoms with Crippen LogP contribution in [0.5, 0.6) is 0 Å². The van der Waals surface area contributed by atoms with E-state index in [2.05, 4.69) is 18.7 Å². The minimum Gasteiger partial charge on any atom is -0.302 e. The molecule has 4 heteroatoms. The lowest BCUT2D eigenvalue weighted by Crippen LogP contribution is -2.30. The number of halogens is 3. The lowest BCUT2D eigenvalue weighted by atomic mass is 10.4. The second-order valence-electron chi connectivity index (χ2n) is 2.24. The van der Waals surface area contributed by atoms with E-state index in [9.17, 15) is 0 Å². The highest BCUT2D eigenvalue weighted by Gasteiger charge is 2.06. The van der Waals surface area contributed by atoms with Gasteiger partial charge in [-0.15, -0.1) is 35.6 Å². The molecule has 1 unspecified atom stereocenters. The summed E-state index contributed by atoms with van der Waals surface area (Å²) in [5.41, 5.74) is 0. The van der Waals surface area contributed by atoms with Crippen LogP contribution in [0.25, 0.3) is 0 Å². The number of alkyl halides is 2. The van der Waals surface area contributed by atoms with Gasteiger partial charge in [0, 0.05) is 12.4 Å². The molecule has 0 aliphatic rings. The molecule has 70 valence electrons. The van der Waals surface area contributed by atoms with Crippen LogP contribution in [0.2, 0.25) is 0 Å². The second-order valence-corrected chi connectivity index (χ2v) is 3.16. The van der Waals surface area contributed by atoms with Gasteiger partial charge in [-0.25, -0.2) is 0 Å². The zero-order valence-electron chi connectivity index (χ0n) is 7.02. The lowest BCUT2D eigenvalue weighted by Gasteiger charge is -2.19. The number of rotatable bonds is 5. The van der Waals surface area contributed by atoms with E-state index in [1.807, 2.05) is 0 Å². The van der Waals surface area contributed by atoms with Crippen LogP contribution in [0.15, 0.2) is 0 Å². The van der Waals surface area contributed by atoms with Crippen molar-refractivity contribution in [3.63, 3.8) is 0 Å². The molecule has 0 saturated heterocycles. The average Bonchev–Trinajstić information content (AvgIpc) is 1.99. The monoisotopic (exact) mass is 219 g/mol. The lowest BCUT2D eigenvalue weighted by molar-refractivity contribution is 0.307. The van der Waals surface area contributed by atoms with E-state index in [-0.39, 0.29) is 17.8 Å². The summed E-state index contributed by atoms with van der Waals surface area (Å²) in [6.07, 6.45) is 0. The van der Waals surface area contributed by atoms with Gasteiger partial charge in [0.2, 0.25) is 0 Å². The fourth-order valence-corrected chi connectivity index (χ4v) is 1.10. The molecule has 1 atom stereocenters. The van der Waals surface area contributed by atoms with Gasteiger partial charge in [-0.05, 0) is 13.1 Å². The van der Waals surface area contributed by atoms with Crippen LogP contribution in [0.1, 0.15) is 13.8 Å². The van der Waals surface area contributed by atoms with Gasteiger partial charge in [0.05, 0.1) is 5.38 Å². The summed E-state index contributed by atoms with van der Waals surface area (Å²) in [7, 11) is 0. The van der Waals surface area contributed by atoms with Gasteiger partial charge in [0.1, 0.15) is 0 Å². The molecule has 1 nitrogen and oxygen atoms in total. The van der Waals surface area contributed by atoms with Crippen molar-refractivity contribution in [3.05, 3.63) is 0 Å². The molecule has 0 aliphatic heterocycles. The first-order chi connectivity index (χ1) is 4.74. The van der Waals surface area contributed by atoms with Crippen LogP contribution < -0.4 is 0 Å². The van der Waals surface area contributed by atoms with Crippen LogP contribution in [-0.4, -0.2) is 35.8 Å². The minimum absolute atomic E-state index is 0. The fourth-order valence-electron chi connectivity index (χ4n) is 0.811. The molecule has 11 heavy (non-hydrogen) atoms. The maximum Gasteiger partial charge on any atom is 0.0598 e. The van der Waals surface area contributed by atoms with Gasteiger partial charge in [-0.3, -0.25) is 0 Å². The normalized spacial score (nSPS) is 12.8. The van der Waals surface area contributed by atoms with Crippen LogP contribution in [0.3, 0.4) is 0 Å². The van der Waals surface area contributed by atoms with E-state index in [4.69, 9.17) is 23.2 Å². The highest BCUT2D eigenvalue weighted by Crippen LogP contribution is 2.01. The number of hydrogen-bond donors (Lipinski definition) is 0. The minimum atomic E-state index is 0. The van der Waals surface area contributed by atoms with Gasteiger partial charge in [-0.2, -0.15) is 0 Å². The summed E-state index contributed by atoms with van der Waals surface area (Å²) in [4.78, 5) is 2.26. The van der Waals surface area contributed by atoms with Gasteiger partial charge in [0.25, 0.3) is 0 Å². The molecular weight excluding hydrogens is 204 g/mol. The molecule has 0 radical (unpaired) electrons. The maximum atomic E-state index is 5.84. The zero-order chi connectivity index (χ0) is 7.98. The molecule has 0 rings (SSSR count). The Morgan fingerprint density at radius 1 is 1.27 bits per heavy atom. The molecular formula is C7H16Cl3N. The van der Waals surface area contributed by atoms with E-state index < -0.39 is 0 Å². The number of hydrogen-bond acceptors (Lipinski definition) is 1. The first-order valence-corrected chi connectivity index (χ1v) is 4.64. The molecule has 0 amide bonds. The summed E-state index contributed by atoms with van der Waals surface area (Å²) >= 11 is 11.4. The van der Waals surface area contributed by atoms with Crippen molar-refractivity contribution < 1.29 is 0 Å². The van der Waals surface area contributed by atoms with Gasteiger partial charge < -0.3 is 4.90 Å². The second kappa shape index (κ2) is 8.92. The molecule has 0 saturated carbocycles. The van der Waals surface area contributed by atoms with Crippen molar-refractivity contribution in [2.75, 3.05) is 25.5 Å². The Labute approximate surface area is 85.4 Å². The Bertz CT molecular complexity index is 76.1. The first-order valence-electron chi connectivity index (χ1n) is 3.66. The Kier molecular flexibility index (Phi) is 11.6. The largest absolute Gasteiger partial charge is 0.302 e. The van der Waals surface area contributed by atoms with Crippen molar-refractivity contribution in [2.24, 2.45) is 0 Å². The van der Waals surface area contributed by atoms with Crippen LogP contribution in [0.4, 0.5) is 0 Å². The van der Waals surface area contributed by atoms with Crippen LogP contribution >= 0.6 is 35.6 Å². The van der Waals surface area contributed by atoms with E-state index in [0.717, 1.165) is 19.6 Å². The predicted molar refractivity (Wildman–Crippen MR) is 55.4 cm³/mol. The third-order valence-corrected chi connectivity index (χ3v) is 2.34. The molecule has 0 aromatic rings. The summed E-state index contributed by atoms with van der Waals surface area (Å²) in [5.74, 6) is 0.540. The van der Waals surface area contributed by atoms with Crippen LogP contribution in [0, 0.1) is 0 Å². The van der Waals surface area contributed by atoms with Gasteiger partial charge in [0.15, 0.2) is 0 Å². The van der Waals surface area contributed by atoms with Crippen molar-refractivity contribution in [3.8, 4) is 0 Å². The van der Waals surface area contributed by atoms with Crippen molar-refractivity contribution >= 4 is 35.6 Å². The van der Waals surface area contributed by atoms with Crippen molar-refractivity contribution in [2.45, 2.75) is 19.2 Å². The number of nitrogens with zero attached hydrogens (tertiary/aromatic N) is 1. The van der Waals surface area contributed by atoms with Crippen molar-refractivity contribution in [1.29, 1.82) is 0 Å². The molecule has 0 spiro atoms. The standard InChI is InChI=1S/C7H15Cl2N.ClH/c1-3-10(4-2)6-7(9)5-8;/h7H,3-6H2,1-2H3;1H. The van der Waals surface area contributed by atoms with Gasteiger partial charge >= 0.3 is 0 Å². The third kappa shape index (κ3) is 7.20. The summed E-state index contributed by atoms with van der Waals surface area (Å²) in [6.45, 7) is 7.26. The zero-order valence-corrected chi connectivity index (χ0v) is 9.35. The van der Waals surface area contributed by atoms with E-state index in [0.29, 0.717) is 5.88 Å². The molecule has 0 fully saturated rings. The van der Waals surface area contributed by atoms with Gasteiger partial charge in [-0.1, -0.05) is 13.8 Å². The smallest absolute Gasteiger partial charge is 0.0598 e. The third-order valence-electron chi connectivity index (χ3n) is 1.52. The maximum absolute atomic E-state index is 5.84. The Balaban J connectivity index is 0. The Hall–Kier alpha value is 0.830. The molecule has 0 aromatic heterocycles. The van der Waals surface area contributed by atoms with E-state index >= 15 is 0 Å². The van der Waals surface area contributed by atoms with Crippen molar-refractivity contribution in [1.82, 2.24) is 4.90 Å². The predicted octanol–water partition coefficient (Wildman–Crippen LogP) is 2.60. The summed E-state index contributed by atoms with van der Waals surface area (Å²) in [6, 6.07) is 0.